The van der Waals surface area contributed by atoms with E-state index in [2.05, 4.69) is 0 Å². The van der Waals surface area contributed by atoms with Crippen molar-refractivity contribution >= 4 is 27.3 Å². The van der Waals surface area contributed by atoms with E-state index in [9.17, 15) is 15.0 Å². The fraction of sp³-hybridized carbons (Fsp3) is 0.275. The Balaban J connectivity index is 1.75. The zero-order valence-corrected chi connectivity index (χ0v) is 29.2. The number of Topliss-reactive ketones (excluding diaryl/α,β-unsaturated/α-hetero) is 1. The third-order valence-corrected chi connectivity index (χ3v) is 9.91. The Bertz CT molecular complexity index is 2200. The van der Waals surface area contributed by atoms with Gasteiger partial charge in [0.15, 0.2) is 5.78 Å². The van der Waals surface area contributed by atoms with E-state index >= 15 is 0 Å². The van der Waals surface area contributed by atoms with Gasteiger partial charge in [-0.05, 0) is 50.1 Å². The second-order valence-electron chi connectivity index (χ2n) is 12.0. The van der Waals surface area contributed by atoms with Crippen molar-refractivity contribution in [3.05, 3.63) is 99.1 Å². The number of carbonyl (C=O) groups is 1. The first-order valence-electron chi connectivity index (χ1n) is 15.8. The number of rotatable bonds is 9. The predicted octanol–water partition coefficient (Wildman–Crippen LogP) is 7.36. The van der Waals surface area contributed by atoms with E-state index in [1.54, 1.807) is 54.6 Å². The molecule has 0 heterocycles. The summed E-state index contributed by atoms with van der Waals surface area (Å²) in [4.78, 5) is 14.6. The van der Waals surface area contributed by atoms with E-state index < -0.39 is 11.4 Å². The summed E-state index contributed by atoms with van der Waals surface area (Å²) < 4.78 is 35.6. The van der Waals surface area contributed by atoms with E-state index in [1.165, 1.54) is 13.2 Å². The third kappa shape index (κ3) is 4.67. The van der Waals surface area contributed by atoms with Gasteiger partial charge in [-0.2, -0.15) is 0 Å². The molecule has 2 N–H and O–H groups in total. The van der Waals surface area contributed by atoms with Crippen LogP contribution in [0.2, 0.25) is 0 Å². The van der Waals surface area contributed by atoms with E-state index in [4.69, 9.17) is 28.4 Å². The molecule has 1 aliphatic carbocycles. The Hall–Kier alpha value is -5.41. The van der Waals surface area contributed by atoms with Crippen molar-refractivity contribution in [2.24, 2.45) is 0 Å². The molecule has 0 saturated carbocycles. The highest BCUT2D eigenvalue weighted by atomic mass is 16.5. The largest absolute Gasteiger partial charge is 0.507 e. The quantitative estimate of drug-likeness (QED) is 0.167. The Morgan fingerprint density at radius 2 is 1.14 bits per heavy atom. The lowest BCUT2D eigenvalue weighted by molar-refractivity contribution is 0.0914. The van der Waals surface area contributed by atoms with Crippen LogP contribution in [0.5, 0.6) is 40.2 Å². The van der Waals surface area contributed by atoms with Gasteiger partial charge < -0.3 is 38.6 Å². The molecule has 0 aromatic heterocycles. The molecular formula is C40H40O9. The molecule has 6 rings (SSSR count). The van der Waals surface area contributed by atoms with Gasteiger partial charge in [0.25, 0.3) is 0 Å². The number of ether oxygens (including phenoxy) is 6. The average Bonchev–Trinajstić information content (AvgIpc) is 3.11. The van der Waals surface area contributed by atoms with Gasteiger partial charge in [0, 0.05) is 45.0 Å². The Morgan fingerprint density at radius 3 is 1.67 bits per heavy atom. The maximum Gasteiger partial charge on any atom is 0.193 e. The van der Waals surface area contributed by atoms with Crippen LogP contribution in [-0.2, 0) is 12.0 Å². The molecule has 0 spiro atoms. The number of aliphatic hydroxyl groups is 1. The molecule has 1 atom stereocenters. The van der Waals surface area contributed by atoms with Crippen molar-refractivity contribution in [2.75, 3.05) is 42.7 Å². The fourth-order valence-corrected chi connectivity index (χ4v) is 7.66. The first kappa shape index (κ1) is 33.5. The number of phenols is 1. The number of hydrogen-bond acceptors (Lipinski definition) is 9. The highest BCUT2D eigenvalue weighted by Gasteiger charge is 2.48. The molecule has 254 valence electrons. The van der Waals surface area contributed by atoms with Crippen LogP contribution in [-0.4, -0.2) is 58.7 Å². The van der Waals surface area contributed by atoms with Crippen LogP contribution in [0.1, 0.15) is 45.1 Å². The van der Waals surface area contributed by atoms with Crippen molar-refractivity contribution in [1.82, 2.24) is 0 Å². The van der Waals surface area contributed by atoms with Gasteiger partial charge in [-0.3, -0.25) is 4.79 Å². The van der Waals surface area contributed by atoms with Gasteiger partial charge in [0.1, 0.15) is 45.8 Å². The van der Waals surface area contributed by atoms with Crippen LogP contribution in [0.3, 0.4) is 0 Å². The molecule has 0 bridgehead atoms. The van der Waals surface area contributed by atoms with Crippen molar-refractivity contribution in [1.29, 1.82) is 0 Å². The number of carbonyl (C=O) groups excluding carboxylic acids is 1. The van der Waals surface area contributed by atoms with Gasteiger partial charge in [0.2, 0.25) is 0 Å². The summed E-state index contributed by atoms with van der Waals surface area (Å²) in [6, 6.07) is 15.9. The summed E-state index contributed by atoms with van der Waals surface area (Å²) in [6.45, 7) is 5.48. The monoisotopic (exact) mass is 664 g/mol. The lowest BCUT2D eigenvalue weighted by atomic mass is 9.68. The second kappa shape index (κ2) is 12.6. The number of fused-ring (bicyclic) bond motifs is 3. The first-order valence-corrected chi connectivity index (χ1v) is 15.8. The van der Waals surface area contributed by atoms with E-state index in [1.807, 2.05) is 50.2 Å². The van der Waals surface area contributed by atoms with E-state index in [0.29, 0.717) is 67.5 Å². The molecule has 9 nitrogen and oxygen atoms in total. The number of ketones is 1. The molecule has 0 fully saturated rings. The van der Waals surface area contributed by atoms with Crippen LogP contribution < -0.4 is 28.4 Å². The van der Waals surface area contributed by atoms with Gasteiger partial charge >= 0.3 is 0 Å². The van der Waals surface area contributed by atoms with Crippen molar-refractivity contribution in [2.45, 2.75) is 32.8 Å². The Labute approximate surface area is 285 Å². The minimum Gasteiger partial charge on any atom is -0.507 e. The molecule has 0 aliphatic heterocycles. The molecule has 1 unspecified atom stereocenters. The van der Waals surface area contributed by atoms with Crippen LogP contribution in [0.25, 0.3) is 21.5 Å². The summed E-state index contributed by atoms with van der Waals surface area (Å²) >= 11 is 0. The Morgan fingerprint density at radius 1 is 0.633 bits per heavy atom. The van der Waals surface area contributed by atoms with Gasteiger partial charge in [-0.15, -0.1) is 0 Å². The SMILES string of the molecule is COc1c(C)c(CC2=C(C)C(O)(c3c(C)c(OC)c4cccc(OC)c4c3OC)c3cccc(O)c3C2=O)c(OC)c2c(OC)cccc12. The highest BCUT2D eigenvalue weighted by molar-refractivity contribution is 6.15. The molecule has 5 aromatic rings. The van der Waals surface area contributed by atoms with E-state index in [-0.39, 0.29) is 28.9 Å². The third-order valence-electron chi connectivity index (χ3n) is 9.91. The van der Waals surface area contributed by atoms with E-state index in [0.717, 1.165) is 16.3 Å². The smallest absolute Gasteiger partial charge is 0.193 e. The summed E-state index contributed by atoms with van der Waals surface area (Å²) in [5.74, 6) is 2.39. The van der Waals surface area contributed by atoms with Crippen LogP contribution in [0.15, 0.2) is 65.7 Å². The van der Waals surface area contributed by atoms with Crippen molar-refractivity contribution in [3.63, 3.8) is 0 Å². The second-order valence-corrected chi connectivity index (χ2v) is 12.0. The lowest BCUT2D eigenvalue weighted by Crippen LogP contribution is -2.38. The molecule has 0 radical (unpaired) electrons. The van der Waals surface area contributed by atoms with Gasteiger partial charge in [-0.25, -0.2) is 0 Å². The summed E-state index contributed by atoms with van der Waals surface area (Å²) in [5.41, 5.74) is 1.26. The maximum absolute atomic E-state index is 14.6. The molecule has 49 heavy (non-hydrogen) atoms. The molecule has 5 aromatic carbocycles. The fourth-order valence-electron chi connectivity index (χ4n) is 7.66. The number of hydrogen-bond donors (Lipinski definition) is 2. The molecule has 1 aliphatic rings. The number of allylic oxidation sites excluding steroid dienone is 1. The van der Waals surface area contributed by atoms with Crippen LogP contribution in [0.4, 0.5) is 0 Å². The molecule has 9 heteroatoms. The van der Waals surface area contributed by atoms with Crippen molar-refractivity contribution < 1.29 is 43.4 Å². The minimum atomic E-state index is -1.96. The van der Waals surface area contributed by atoms with Crippen molar-refractivity contribution in [3.8, 4) is 40.2 Å². The number of benzene rings is 5. The number of phenolic OH excluding ortho intramolecular Hbond substituents is 1. The maximum atomic E-state index is 14.6. The predicted molar refractivity (Wildman–Crippen MR) is 189 cm³/mol. The number of aromatic hydroxyl groups is 1. The summed E-state index contributed by atoms with van der Waals surface area (Å²) in [7, 11) is 9.40. The molecule has 0 amide bonds. The lowest BCUT2D eigenvalue weighted by Gasteiger charge is -2.39. The molecule has 0 saturated heterocycles. The van der Waals surface area contributed by atoms with Gasteiger partial charge in [0.05, 0.1) is 59.0 Å². The normalized spacial score (nSPS) is 15.8. The molecular weight excluding hydrogens is 624 g/mol. The van der Waals surface area contributed by atoms with Crippen LogP contribution in [0, 0.1) is 13.8 Å². The van der Waals surface area contributed by atoms with Crippen LogP contribution >= 0.6 is 0 Å². The summed E-state index contributed by atoms with van der Waals surface area (Å²) in [5, 5.41) is 27.4. The van der Waals surface area contributed by atoms with Gasteiger partial charge in [-0.1, -0.05) is 36.4 Å². The topological polar surface area (TPSA) is 113 Å². The highest BCUT2D eigenvalue weighted by Crippen LogP contribution is 2.56. The first-order chi connectivity index (χ1) is 23.5. The Kier molecular flexibility index (Phi) is 8.58. The minimum absolute atomic E-state index is 0.00639. The zero-order chi connectivity index (χ0) is 35.4. The summed E-state index contributed by atoms with van der Waals surface area (Å²) in [6.07, 6.45) is 0.0372. The standard InChI is InChI=1S/C40H40O9/c1-20-25(38(48-8)31-23(36(20)46-6)13-10-17-29(31)44-4)19-26-22(3)40(43,27-15-12-16-28(41)33(27)35(26)42)34-21(2)37(47-7)24-14-11-18-30(45-5)32(24)39(34)49-9/h10-18,41,43H,19H2,1-9H3. The average molecular weight is 665 g/mol. The zero-order valence-electron chi connectivity index (χ0n) is 29.2. The number of methoxy groups -OCH3 is 6.